The molecular weight excluding hydrogens is 278 g/mol. The number of rotatable bonds is 4. The van der Waals surface area contributed by atoms with Crippen molar-refractivity contribution in [3.05, 3.63) is 28.5 Å². The molecule has 0 unspecified atom stereocenters. The highest BCUT2D eigenvalue weighted by Gasteiger charge is 2.41. The molecule has 0 aliphatic heterocycles. The largest absolute Gasteiger partial charge is 0.328 e. The zero-order valence-corrected chi connectivity index (χ0v) is 11.9. The van der Waals surface area contributed by atoms with Crippen LogP contribution >= 0.6 is 12.2 Å². The maximum atomic E-state index is 13.8. The first-order chi connectivity index (χ1) is 9.63. The van der Waals surface area contributed by atoms with Crippen LogP contribution in [-0.2, 0) is 6.54 Å². The van der Waals surface area contributed by atoms with Gasteiger partial charge in [0.15, 0.2) is 10.6 Å². The lowest BCUT2D eigenvalue weighted by atomic mass is 9.98. The summed E-state index contributed by atoms with van der Waals surface area (Å²) in [6, 6.07) is 2.28. The van der Waals surface area contributed by atoms with E-state index >= 15 is 0 Å². The van der Waals surface area contributed by atoms with Crippen LogP contribution in [0.2, 0.25) is 0 Å². The molecule has 4 rings (SSSR count). The molecule has 2 aromatic rings. The fourth-order valence-corrected chi connectivity index (χ4v) is 3.58. The molecule has 2 nitrogen and oxygen atoms in total. The van der Waals surface area contributed by atoms with Gasteiger partial charge in [-0.2, -0.15) is 0 Å². The maximum Gasteiger partial charge on any atom is 0.178 e. The van der Waals surface area contributed by atoms with Crippen molar-refractivity contribution < 1.29 is 8.78 Å². The number of benzene rings is 1. The molecule has 1 aromatic heterocycles. The third kappa shape index (κ3) is 2.08. The fraction of sp³-hybridized carbons (Fsp3) is 0.533. The summed E-state index contributed by atoms with van der Waals surface area (Å²) in [7, 11) is 0. The zero-order valence-electron chi connectivity index (χ0n) is 11.0. The van der Waals surface area contributed by atoms with Gasteiger partial charge in [-0.15, -0.1) is 0 Å². The smallest absolute Gasteiger partial charge is 0.178 e. The SMILES string of the molecule is Fc1cc(F)c2[nH]c(=S)n(CC(C3CC3)C3CC3)c2c1. The predicted molar refractivity (Wildman–Crippen MR) is 76.0 cm³/mol. The third-order valence-electron chi connectivity index (χ3n) is 4.65. The van der Waals surface area contributed by atoms with Crippen molar-refractivity contribution in [3.63, 3.8) is 0 Å². The summed E-state index contributed by atoms with van der Waals surface area (Å²) in [4.78, 5) is 2.88. The molecule has 20 heavy (non-hydrogen) atoms. The van der Waals surface area contributed by atoms with E-state index in [4.69, 9.17) is 12.2 Å². The number of fused-ring (bicyclic) bond motifs is 1. The molecule has 0 bridgehead atoms. The van der Waals surface area contributed by atoms with Gasteiger partial charge in [-0.3, -0.25) is 0 Å². The number of imidazole rings is 1. The lowest BCUT2D eigenvalue weighted by Crippen LogP contribution is -2.15. The topological polar surface area (TPSA) is 20.7 Å². The Morgan fingerprint density at radius 1 is 1.20 bits per heavy atom. The van der Waals surface area contributed by atoms with E-state index in [-0.39, 0.29) is 0 Å². The summed E-state index contributed by atoms with van der Waals surface area (Å²) < 4.78 is 29.6. The van der Waals surface area contributed by atoms with Crippen molar-refractivity contribution in [2.75, 3.05) is 0 Å². The molecule has 0 spiro atoms. The Bertz CT molecular complexity index is 713. The fourth-order valence-electron chi connectivity index (χ4n) is 3.30. The molecule has 1 N–H and O–H groups in total. The van der Waals surface area contributed by atoms with Crippen LogP contribution in [0.3, 0.4) is 0 Å². The predicted octanol–water partition coefficient (Wildman–Crippen LogP) is 4.41. The Labute approximate surface area is 120 Å². The first kappa shape index (κ1) is 12.5. The number of nitrogens with one attached hydrogen (secondary N) is 1. The van der Waals surface area contributed by atoms with Gasteiger partial charge in [-0.1, -0.05) is 0 Å². The van der Waals surface area contributed by atoms with Crippen molar-refractivity contribution in [3.8, 4) is 0 Å². The molecule has 5 heteroatoms. The maximum absolute atomic E-state index is 13.8. The summed E-state index contributed by atoms with van der Waals surface area (Å²) in [5.41, 5.74) is 0.876. The molecule has 1 aromatic carbocycles. The minimum Gasteiger partial charge on any atom is -0.328 e. The number of aromatic amines is 1. The van der Waals surface area contributed by atoms with Gasteiger partial charge in [0.1, 0.15) is 11.3 Å². The van der Waals surface area contributed by atoms with Gasteiger partial charge in [0.2, 0.25) is 0 Å². The number of hydrogen-bond donors (Lipinski definition) is 1. The third-order valence-corrected chi connectivity index (χ3v) is 4.97. The Kier molecular flexibility index (Phi) is 2.74. The molecule has 0 saturated heterocycles. The van der Waals surface area contributed by atoms with E-state index in [0.29, 0.717) is 21.7 Å². The standard InChI is InChI=1S/C15H16F2N2S/c16-10-5-12(17)14-13(6-10)19(15(20)18-14)7-11(8-1-2-8)9-3-4-9/h5-6,8-9,11H,1-4,7H2,(H,18,20). The Hall–Kier alpha value is -1.23. The highest BCUT2D eigenvalue weighted by atomic mass is 32.1. The van der Waals surface area contributed by atoms with Gasteiger partial charge in [-0.05, 0) is 61.7 Å². The minimum atomic E-state index is -0.570. The van der Waals surface area contributed by atoms with E-state index < -0.39 is 11.6 Å². The Balaban J connectivity index is 1.78. The Morgan fingerprint density at radius 3 is 2.45 bits per heavy atom. The van der Waals surface area contributed by atoms with E-state index in [1.807, 2.05) is 4.57 Å². The monoisotopic (exact) mass is 294 g/mol. The number of nitrogens with zero attached hydrogens (tertiary/aromatic N) is 1. The van der Waals surface area contributed by atoms with E-state index in [1.165, 1.54) is 31.7 Å². The number of aromatic nitrogens is 2. The van der Waals surface area contributed by atoms with E-state index in [2.05, 4.69) is 4.98 Å². The van der Waals surface area contributed by atoms with Gasteiger partial charge in [-0.25, -0.2) is 8.78 Å². The summed E-state index contributed by atoms with van der Waals surface area (Å²) >= 11 is 5.31. The number of H-pyrrole nitrogens is 1. The lowest BCUT2D eigenvalue weighted by Gasteiger charge is -2.16. The van der Waals surface area contributed by atoms with Crippen LogP contribution in [-0.4, -0.2) is 9.55 Å². The van der Waals surface area contributed by atoms with Crippen molar-refractivity contribution in [1.29, 1.82) is 0 Å². The molecule has 2 aliphatic rings. The first-order valence-electron chi connectivity index (χ1n) is 7.21. The van der Waals surface area contributed by atoms with Crippen molar-refractivity contribution in [1.82, 2.24) is 9.55 Å². The van der Waals surface area contributed by atoms with Crippen LogP contribution in [0.15, 0.2) is 12.1 Å². The molecule has 0 radical (unpaired) electrons. The molecule has 106 valence electrons. The second-order valence-electron chi connectivity index (χ2n) is 6.16. The van der Waals surface area contributed by atoms with E-state index in [0.717, 1.165) is 24.4 Å². The second kappa shape index (κ2) is 4.38. The van der Waals surface area contributed by atoms with E-state index in [9.17, 15) is 8.78 Å². The molecule has 0 amide bonds. The van der Waals surface area contributed by atoms with Crippen molar-refractivity contribution in [2.45, 2.75) is 32.2 Å². The summed E-state index contributed by atoms with van der Waals surface area (Å²) in [6.45, 7) is 0.789. The van der Waals surface area contributed by atoms with Gasteiger partial charge in [0, 0.05) is 12.6 Å². The number of hydrogen-bond acceptors (Lipinski definition) is 1. The zero-order chi connectivity index (χ0) is 13.9. The van der Waals surface area contributed by atoms with Gasteiger partial charge >= 0.3 is 0 Å². The van der Waals surface area contributed by atoms with Crippen LogP contribution in [0, 0.1) is 34.2 Å². The van der Waals surface area contributed by atoms with Crippen LogP contribution < -0.4 is 0 Å². The second-order valence-corrected chi connectivity index (χ2v) is 6.55. The summed E-state index contributed by atoms with van der Waals surface area (Å²) in [6.07, 6.45) is 5.16. The van der Waals surface area contributed by atoms with Crippen molar-refractivity contribution in [2.24, 2.45) is 17.8 Å². The van der Waals surface area contributed by atoms with Crippen molar-refractivity contribution >= 4 is 23.3 Å². The van der Waals surface area contributed by atoms with Crippen LogP contribution in [0.1, 0.15) is 25.7 Å². The quantitative estimate of drug-likeness (QED) is 0.828. The molecule has 2 aliphatic carbocycles. The highest BCUT2D eigenvalue weighted by Crippen LogP contribution is 2.50. The van der Waals surface area contributed by atoms with Gasteiger partial charge in [0.05, 0.1) is 5.52 Å². The van der Waals surface area contributed by atoms with Gasteiger partial charge < -0.3 is 9.55 Å². The molecule has 1 heterocycles. The van der Waals surface area contributed by atoms with E-state index in [1.54, 1.807) is 0 Å². The summed E-state index contributed by atoms with van der Waals surface area (Å²) in [5.74, 6) is 1.07. The highest BCUT2D eigenvalue weighted by molar-refractivity contribution is 7.71. The molecule has 0 atom stereocenters. The van der Waals surface area contributed by atoms with Crippen LogP contribution in [0.5, 0.6) is 0 Å². The molecular formula is C15H16F2N2S. The van der Waals surface area contributed by atoms with Gasteiger partial charge in [0.25, 0.3) is 0 Å². The number of halogens is 2. The molecule has 2 saturated carbocycles. The van der Waals surface area contributed by atoms with Crippen LogP contribution in [0.25, 0.3) is 11.0 Å². The average Bonchev–Trinajstić information content (AvgIpc) is 3.27. The Morgan fingerprint density at radius 2 is 1.85 bits per heavy atom. The van der Waals surface area contributed by atoms with Crippen LogP contribution in [0.4, 0.5) is 8.78 Å². The average molecular weight is 294 g/mol. The normalized spacial score (nSPS) is 19.1. The first-order valence-corrected chi connectivity index (χ1v) is 7.62. The molecule has 2 fully saturated rings. The lowest BCUT2D eigenvalue weighted by molar-refractivity contribution is 0.351. The summed E-state index contributed by atoms with van der Waals surface area (Å²) in [5, 5.41) is 0. The minimum absolute atomic E-state index is 0.321.